The van der Waals surface area contributed by atoms with Crippen molar-refractivity contribution in [3.05, 3.63) is 54.0 Å². The van der Waals surface area contributed by atoms with Crippen molar-refractivity contribution in [1.82, 2.24) is 35.0 Å². The van der Waals surface area contributed by atoms with Gasteiger partial charge in [-0.1, -0.05) is 6.92 Å². The van der Waals surface area contributed by atoms with E-state index in [2.05, 4.69) is 35.5 Å². The van der Waals surface area contributed by atoms with E-state index in [0.717, 1.165) is 30.9 Å². The molecule has 0 aliphatic carbocycles. The van der Waals surface area contributed by atoms with Crippen LogP contribution in [0.15, 0.2) is 42.9 Å². The molecule has 4 heterocycles. The van der Waals surface area contributed by atoms with Crippen molar-refractivity contribution in [1.29, 1.82) is 0 Å². The number of likely N-dealkylation sites (N-methyl/N-ethyl adjacent to an activating group) is 2. The minimum Gasteiger partial charge on any atom is -0.354 e. The molecule has 0 aromatic carbocycles. The van der Waals surface area contributed by atoms with Gasteiger partial charge in [0.25, 0.3) is 0 Å². The molecule has 0 saturated carbocycles. The summed E-state index contributed by atoms with van der Waals surface area (Å²) in [5.74, 6) is 0.184. The van der Waals surface area contributed by atoms with Crippen LogP contribution in [0, 0.1) is 0 Å². The second-order valence-corrected chi connectivity index (χ2v) is 8.78. The number of pyridine rings is 2. The van der Waals surface area contributed by atoms with Crippen molar-refractivity contribution < 1.29 is 26.3 Å². The highest BCUT2D eigenvalue weighted by molar-refractivity contribution is 5.87. The number of halogens is 6. The van der Waals surface area contributed by atoms with E-state index in [9.17, 15) is 26.3 Å². The van der Waals surface area contributed by atoms with Gasteiger partial charge >= 0.3 is 12.4 Å². The fourth-order valence-electron chi connectivity index (χ4n) is 3.73. The number of rotatable bonds is 9. The summed E-state index contributed by atoms with van der Waals surface area (Å²) < 4.78 is 80.8. The molecule has 212 valence electrons. The van der Waals surface area contributed by atoms with Gasteiger partial charge in [0.2, 0.25) is 0 Å². The molecule has 0 bridgehead atoms. The van der Waals surface area contributed by atoms with Crippen LogP contribution in [0.2, 0.25) is 0 Å². The van der Waals surface area contributed by atoms with Crippen molar-refractivity contribution in [2.75, 3.05) is 43.4 Å². The minimum atomic E-state index is -4.75. The second-order valence-electron chi connectivity index (χ2n) is 8.78. The molecule has 9 nitrogen and oxygen atoms in total. The summed E-state index contributed by atoms with van der Waals surface area (Å²) in [6.45, 7) is 6.14. The average Bonchev–Trinajstić information content (AvgIpc) is 2.92. The Hall–Kier alpha value is -4.14. The molecule has 1 N–H and O–H groups in total. The Kier molecular flexibility index (Phi) is 8.32. The number of alkyl halides is 6. The minimum absolute atomic E-state index is 0.00815. The Labute approximate surface area is 225 Å². The molecule has 0 spiro atoms. The summed E-state index contributed by atoms with van der Waals surface area (Å²) in [5, 5.41) is 10.8. The summed E-state index contributed by atoms with van der Waals surface area (Å²) in [7, 11) is 1.91. The summed E-state index contributed by atoms with van der Waals surface area (Å²) in [6, 6.07) is 4.45. The van der Waals surface area contributed by atoms with Gasteiger partial charge in [0, 0.05) is 32.0 Å². The molecule has 40 heavy (non-hydrogen) atoms. The molecule has 0 aliphatic heterocycles. The molecular weight excluding hydrogens is 540 g/mol. The second kappa shape index (κ2) is 11.5. The first kappa shape index (κ1) is 28.9. The SMILES string of the molecule is CCN(C)CCN(CC)c1cc(C(F)(F)F)c(-c2cnc3c(Nc4ccc(C(F)(F)F)cn4)ccnc3n2)nn1. The van der Waals surface area contributed by atoms with Crippen LogP contribution in [0.1, 0.15) is 25.0 Å². The maximum absolute atomic E-state index is 14.1. The molecule has 0 amide bonds. The van der Waals surface area contributed by atoms with Gasteiger partial charge in [0.1, 0.15) is 22.7 Å². The van der Waals surface area contributed by atoms with Crippen molar-refractivity contribution in [3.63, 3.8) is 0 Å². The first-order valence-corrected chi connectivity index (χ1v) is 12.2. The number of nitrogens with zero attached hydrogens (tertiary/aromatic N) is 8. The highest BCUT2D eigenvalue weighted by Crippen LogP contribution is 2.37. The summed E-state index contributed by atoms with van der Waals surface area (Å²) in [4.78, 5) is 20.0. The molecule has 0 atom stereocenters. The number of fused-ring (bicyclic) bond motifs is 1. The molecule has 15 heteroatoms. The first-order chi connectivity index (χ1) is 18.9. The summed E-state index contributed by atoms with van der Waals surface area (Å²) in [5.41, 5.74) is -2.16. The third-order valence-corrected chi connectivity index (χ3v) is 6.13. The maximum atomic E-state index is 14.1. The molecule has 0 unspecified atom stereocenters. The van der Waals surface area contributed by atoms with Crippen molar-refractivity contribution in [3.8, 4) is 11.4 Å². The van der Waals surface area contributed by atoms with E-state index in [4.69, 9.17) is 0 Å². The molecule has 0 radical (unpaired) electrons. The fraction of sp³-hybridized carbons (Fsp3) is 0.360. The largest absolute Gasteiger partial charge is 0.418 e. The zero-order valence-electron chi connectivity index (χ0n) is 21.7. The molecular formula is C25H25F6N9. The van der Waals surface area contributed by atoms with Crippen molar-refractivity contribution in [2.45, 2.75) is 26.2 Å². The van der Waals surface area contributed by atoms with E-state index in [-0.39, 0.29) is 28.5 Å². The van der Waals surface area contributed by atoms with Crippen LogP contribution in [0.25, 0.3) is 22.6 Å². The van der Waals surface area contributed by atoms with Crippen LogP contribution < -0.4 is 10.2 Å². The molecule has 4 aromatic heterocycles. The van der Waals surface area contributed by atoms with Crippen LogP contribution in [0.5, 0.6) is 0 Å². The van der Waals surface area contributed by atoms with E-state index in [1.165, 1.54) is 12.3 Å². The summed E-state index contributed by atoms with van der Waals surface area (Å²) in [6.07, 6.45) is -6.16. The average molecular weight is 566 g/mol. The van der Waals surface area contributed by atoms with Crippen LogP contribution in [-0.2, 0) is 12.4 Å². The lowest BCUT2D eigenvalue weighted by atomic mass is 10.1. The third kappa shape index (κ3) is 6.52. The number of hydrogen-bond donors (Lipinski definition) is 1. The Morgan fingerprint density at radius 3 is 2.25 bits per heavy atom. The summed E-state index contributed by atoms with van der Waals surface area (Å²) >= 11 is 0. The van der Waals surface area contributed by atoms with Gasteiger partial charge in [-0.2, -0.15) is 26.3 Å². The van der Waals surface area contributed by atoms with E-state index < -0.39 is 29.2 Å². The molecule has 4 rings (SSSR count). The van der Waals surface area contributed by atoms with Crippen LogP contribution in [0.3, 0.4) is 0 Å². The van der Waals surface area contributed by atoms with Gasteiger partial charge < -0.3 is 15.1 Å². The zero-order chi connectivity index (χ0) is 29.1. The predicted octanol–water partition coefficient (Wildman–Crippen LogP) is 5.44. The van der Waals surface area contributed by atoms with Gasteiger partial charge in [0.15, 0.2) is 11.5 Å². The lowest BCUT2D eigenvalue weighted by Crippen LogP contribution is -2.34. The molecule has 0 saturated heterocycles. The smallest absolute Gasteiger partial charge is 0.354 e. The number of anilines is 3. The van der Waals surface area contributed by atoms with E-state index >= 15 is 0 Å². The zero-order valence-corrected chi connectivity index (χ0v) is 21.7. The number of nitrogens with one attached hydrogen (secondary N) is 1. The Morgan fingerprint density at radius 2 is 1.62 bits per heavy atom. The normalized spacial score (nSPS) is 12.2. The lowest BCUT2D eigenvalue weighted by molar-refractivity contribution is -0.138. The van der Waals surface area contributed by atoms with E-state index in [1.807, 2.05) is 25.8 Å². The Morgan fingerprint density at radius 1 is 0.850 bits per heavy atom. The van der Waals surface area contributed by atoms with Crippen LogP contribution in [0.4, 0.5) is 43.7 Å². The van der Waals surface area contributed by atoms with E-state index in [0.29, 0.717) is 31.5 Å². The van der Waals surface area contributed by atoms with Gasteiger partial charge in [-0.15, -0.1) is 10.2 Å². The highest BCUT2D eigenvalue weighted by Gasteiger charge is 2.36. The Bertz CT molecular complexity index is 1460. The van der Waals surface area contributed by atoms with Crippen LogP contribution in [-0.4, -0.2) is 68.3 Å². The standard InChI is InChI=1S/C25H25F6N9/c1-4-39(3)10-11-40(5-2)20-12-16(25(29,30)31)21(38-37-20)18-14-34-22-17(8-9-32-23(22)36-18)35-19-7-6-15(13-33-19)24(26,27)28/h6-9,12-14H,4-5,10-11H2,1-3H3,(H,32,33,35,36). The number of aromatic nitrogens is 6. The number of hydrogen-bond acceptors (Lipinski definition) is 9. The molecule has 4 aromatic rings. The van der Waals surface area contributed by atoms with Gasteiger partial charge in [-0.3, -0.25) is 0 Å². The van der Waals surface area contributed by atoms with Gasteiger partial charge in [0.05, 0.1) is 23.0 Å². The topological polar surface area (TPSA) is 95.8 Å². The first-order valence-electron chi connectivity index (χ1n) is 12.2. The molecule has 0 fully saturated rings. The van der Waals surface area contributed by atoms with E-state index in [1.54, 1.807) is 4.90 Å². The fourth-order valence-corrected chi connectivity index (χ4v) is 3.73. The molecule has 0 aliphatic rings. The van der Waals surface area contributed by atoms with Gasteiger partial charge in [-0.25, -0.2) is 19.9 Å². The van der Waals surface area contributed by atoms with Crippen molar-refractivity contribution in [2.24, 2.45) is 0 Å². The lowest BCUT2D eigenvalue weighted by Gasteiger charge is -2.25. The quantitative estimate of drug-likeness (QED) is 0.266. The third-order valence-electron chi connectivity index (χ3n) is 6.13. The van der Waals surface area contributed by atoms with Crippen molar-refractivity contribution >= 4 is 28.5 Å². The maximum Gasteiger partial charge on any atom is 0.418 e. The van der Waals surface area contributed by atoms with Crippen LogP contribution >= 0.6 is 0 Å². The Balaban J connectivity index is 1.67. The monoisotopic (exact) mass is 565 g/mol. The predicted molar refractivity (Wildman–Crippen MR) is 137 cm³/mol. The van der Waals surface area contributed by atoms with Gasteiger partial charge in [-0.05, 0) is 44.8 Å². The highest BCUT2D eigenvalue weighted by atomic mass is 19.4.